The maximum Gasteiger partial charge on any atom is 0.0948 e. The predicted molar refractivity (Wildman–Crippen MR) is 75.6 cm³/mol. The highest BCUT2D eigenvalue weighted by Crippen LogP contribution is 2.42. The Labute approximate surface area is 113 Å². The fraction of sp³-hybridized carbons (Fsp3) is 0.467. The minimum Gasteiger partial charge on any atom is -0.198 e. The largest absolute Gasteiger partial charge is 0.198 e. The number of anilines is 1. The van der Waals surface area contributed by atoms with E-state index in [1.54, 1.807) is 0 Å². The molecule has 0 radical (unpaired) electrons. The zero-order chi connectivity index (χ0) is 13.6. The summed E-state index contributed by atoms with van der Waals surface area (Å²) in [6.45, 7) is 7.11. The molecule has 1 aromatic rings. The highest BCUT2D eigenvalue weighted by atomic mass is 15.8. The number of hydrogen-bond donors (Lipinski definition) is 0. The third kappa shape index (κ3) is 1.58. The molecule has 4 nitrogen and oxygen atoms in total. The van der Waals surface area contributed by atoms with Crippen molar-refractivity contribution in [3.05, 3.63) is 29.8 Å². The second-order valence-corrected chi connectivity index (χ2v) is 5.55. The Hall–Kier alpha value is -1.86. The molecule has 2 heterocycles. The highest BCUT2D eigenvalue weighted by Gasteiger charge is 2.54. The van der Waals surface area contributed by atoms with Crippen LogP contribution >= 0.6 is 0 Å². The van der Waals surface area contributed by atoms with Gasteiger partial charge >= 0.3 is 0 Å². The normalized spacial score (nSPS) is 30.1. The van der Waals surface area contributed by atoms with E-state index in [9.17, 15) is 5.26 Å². The Morgan fingerprint density at radius 1 is 1.32 bits per heavy atom. The highest BCUT2D eigenvalue weighted by molar-refractivity contribution is 5.95. The fourth-order valence-electron chi connectivity index (χ4n) is 3.04. The number of hydrogen-bond acceptors (Lipinski definition) is 4. The average molecular weight is 254 g/mol. The van der Waals surface area contributed by atoms with Crippen LogP contribution in [0.1, 0.15) is 25.8 Å². The average Bonchev–Trinajstić information content (AvgIpc) is 2.86. The minimum absolute atomic E-state index is 0.0201. The van der Waals surface area contributed by atoms with Crippen LogP contribution in [0.4, 0.5) is 5.69 Å². The fourth-order valence-corrected chi connectivity index (χ4v) is 3.04. The molecular weight excluding hydrogens is 236 g/mol. The maximum absolute atomic E-state index is 9.34. The van der Waals surface area contributed by atoms with Crippen LogP contribution in [0.2, 0.25) is 0 Å². The van der Waals surface area contributed by atoms with Gasteiger partial charge in [-0.2, -0.15) is 20.5 Å². The molecular formula is C15H18N4. The molecule has 3 rings (SSSR count). The quantitative estimate of drug-likeness (QED) is 0.774. The first-order valence-corrected chi connectivity index (χ1v) is 6.67. The lowest BCUT2D eigenvalue weighted by molar-refractivity contribution is 0.210. The monoisotopic (exact) mass is 254 g/mol. The van der Waals surface area contributed by atoms with E-state index in [4.69, 9.17) is 0 Å². The maximum atomic E-state index is 9.34. The lowest BCUT2D eigenvalue weighted by Gasteiger charge is -2.34. The number of nitriles is 1. The molecule has 1 fully saturated rings. The van der Waals surface area contributed by atoms with Crippen LogP contribution in [0.3, 0.4) is 0 Å². The SMILES string of the molecule is CC1=NN(c2ccc(C)cc2)N2CC[C@H](C#N)[C@]12C. The van der Waals surface area contributed by atoms with Crippen molar-refractivity contribution in [2.24, 2.45) is 11.0 Å². The van der Waals surface area contributed by atoms with Crippen LogP contribution in [0.15, 0.2) is 29.4 Å². The first kappa shape index (κ1) is 12.2. The van der Waals surface area contributed by atoms with Crippen LogP contribution in [-0.2, 0) is 0 Å². The number of fused-ring (bicyclic) bond motifs is 1. The standard InChI is InChI=1S/C15H18N4/c1-11-4-6-14(7-5-11)19-17-12(2)15(3)13(10-16)8-9-18(15)19/h4-7,13H,8-9H2,1-3H3/t13-,15+/m1/s1. The first-order valence-electron chi connectivity index (χ1n) is 6.67. The van der Waals surface area contributed by atoms with Crippen LogP contribution in [0.5, 0.6) is 0 Å². The Morgan fingerprint density at radius 2 is 2.00 bits per heavy atom. The molecule has 19 heavy (non-hydrogen) atoms. The number of rotatable bonds is 1. The Morgan fingerprint density at radius 3 is 2.63 bits per heavy atom. The summed E-state index contributed by atoms with van der Waals surface area (Å²) >= 11 is 0. The Balaban J connectivity index is 1.99. The summed E-state index contributed by atoms with van der Waals surface area (Å²) in [6, 6.07) is 10.8. The van der Waals surface area contributed by atoms with Gasteiger partial charge in [0.1, 0.15) is 0 Å². The molecule has 0 spiro atoms. The van der Waals surface area contributed by atoms with E-state index in [-0.39, 0.29) is 11.5 Å². The molecule has 1 saturated heterocycles. The lowest BCUT2D eigenvalue weighted by Crippen LogP contribution is -2.50. The molecule has 0 bridgehead atoms. The molecule has 2 atom stereocenters. The Bertz CT molecular complexity index is 569. The van der Waals surface area contributed by atoms with E-state index in [1.165, 1.54) is 5.56 Å². The van der Waals surface area contributed by atoms with Crippen molar-refractivity contribution in [2.45, 2.75) is 32.7 Å². The number of aryl methyl sites for hydroxylation is 1. The van der Waals surface area contributed by atoms with E-state index < -0.39 is 0 Å². The molecule has 2 aliphatic heterocycles. The predicted octanol–water partition coefficient (Wildman–Crippen LogP) is 2.71. The van der Waals surface area contributed by atoms with Crippen LogP contribution in [-0.4, -0.2) is 22.8 Å². The zero-order valence-electron chi connectivity index (χ0n) is 11.6. The molecule has 1 aromatic carbocycles. The molecule has 0 aliphatic carbocycles. The van der Waals surface area contributed by atoms with Crippen LogP contribution in [0.25, 0.3) is 0 Å². The molecule has 98 valence electrons. The molecule has 0 saturated carbocycles. The smallest absolute Gasteiger partial charge is 0.0948 e. The lowest BCUT2D eigenvalue weighted by atomic mass is 9.85. The number of hydrazine groups is 1. The van der Waals surface area contributed by atoms with E-state index in [0.717, 1.165) is 24.4 Å². The summed E-state index contributed by atoms with van der Waals surface area (Å²) < 4.78 is 0. The van der Waals surface area contributed by atoms with Gasteiger partial charge in [-0.3, -0.25) is 0 Å². The van der Waals surface area contributed by atoms with Crippen molar-refractivity contribution >= 4 is 11.4 Å². The van der Waals surface area contributed by atoms with Gasteiger partial charge in [0.2, 0.25) is 0 Å². The Kier molecular flexibility index (Phi) is 2.61. The summed E-state index contributed by atoms with van der Waals surface area (Å²) in [5, 5.41) is 18.2. The van der Waals surface area contributed by atoms with Crippen molar-refractivity contribution in [2.75, 3.05) is 11.7 Å². The van der Waals surface area contributed by atoms with Crippen LogP contribution < -0.4 is 5.12 Å². The van der Waals surface area contributed by atoms with Crippen molar-refractivity contribution < 1.29 is 0 Å². The second kappa shape index (κ2) is 4.07. The number of nitrogens with zero attached hydrogens (tertiary/aromatic N) is 4. The molecule has 0 unspecified atom stereocenters. The number of benzene rings is 1. The molecule has 2 aliphatic rings. The van der Waals surface area contributed by atoms with Crippen molar-refractivity contribution in [1.29, 1.82) is 5.26 Å². The van der Waals surface area contributed by atoms with Gasteiger partial charge in [0, 0.05) is 6.54 Å². The van der Waals surface area contributed by atoms with Crippen molar-refractivity contribution in [1.82, 2.24) is 5.01 Å². The van der Waals surface area contributed by atoms with E-state index in [0.29, 0.717) is 0 Å². The molecule has 0 amide bonds. The molecule has 4 heteroatoms. The van der Waals surface area contributed by atoms with Gasteiger partial charge in [-0.15, -0.1) is 0 Å². The summed E-state index contributed by atoms with van der Waals surface area (Å²) in [5.74, 6) is 0.0201. The minimum atomic E-state index is -0.250. The van der Waals surface area contributed by atoms with Crippen LogP contribution in [0, 0.1) is 24.2 Å². The van der Waals surface area contributed by atoms with E-state index in [1.807, 2.05) is 12.0 Å². The summed E-state index contributed by atoms with van der Waals surface area (Å²) in [7, 11) is 0. The van der Waals surface area contributed by atoms with Gasteiger partial charge in [0.25, 0.3) is 0 Å². The van der Waals surface area contributed by atoms with Crippen molar-refractivity contribution in [3.8, 4) is 6.07 Å². The summed E-state index contributed by atoms with van der Waals surface area (Å²) in [4.78, 5) is 0. The summed E-state index contributed by atoms with van der Waals surface area (Å²) in [6.07, 6.45) is 0.905. The van der Waals surface area contributed by atoms with Gasteiger partial charge in [0.15, 0.2) is 0 Å². The summed E-state index contributed by atoms with van der Waals surface area (Å²) in [5.41, 5.74) is 3.08. The molecule has 0 aromatic heterocycles. The topological polar surface area (TPSA) is 42.6 Å². The van der Waals surface area contributed by atoms with Gasteiger partial charge in [-0.1, -0.05) is 17.7 Å². The third-order valence-electron chi connectivity index (χ3n) is 4.47. The van der Waals surface area contributed by atoms with Gasteiger partial charge in [0.05, 0.1) is 28.9 Å². The van der Waals surface area contributed by atoms with Gasteiger partial charge in [-0.05, 0) is 39.3 Å². The van der Waals surface area contributed by atoms with Gasteiger partial charge < -0.3 is 0 Å². The zero-order valence-corrected chi connectivity index (χ0v) is 11.6. The first-order chi connectivity index (χ1) is 9.07. The van der Waals surface area contributed by atoms with Crippen molar-refractivity contribution in [3.63, 3.8) is 0 Å². The van der Waals surface area contributed by atoms with E-state index in [2.05, 4.69) is 54.3 Å². The third-order valence-corrected chi connectivity index (χ3v) is 4.47. The number of hydrazone groups is 1. The van der Waals surface area contributed by atoms with E-state index >= 15 is 0 Å². The second-order valence-electron chi connectivity index (χ2n) is 5.55. The van der Waals surface area contributed by atoms with Gasteiger partial charge in [-0.25, -0.2) is 0 Å². The molecule has 0 N–H and O–H groups in total.